The Kier molecular flexibility index (Phi) is 5.61. The predicted molar refractivity (Wildman–Crippen MR) is 190 cm³/mol. The first kappa shape index (κ1) is 26.7. The highest BCUT2D eigenvalue weighted by Crippen LogP contribution is 2.42. The zero-order chi connectivity index (χ0) is 31.2. The van der Waals surface area contributed by atoms with Crippen LogP contribution in [0.4, 0.5) is 0 Å². The molecule has 9 aromatic rings. The fourth-order valence-corrected chi connectivity index (χ4v) is 6.98. The number of para-hydroxylation sites is 3. The van der Waals surface area contributed by atoms with Crippen molar-refractivity contribution >= 4 is 54.8 Å². The Hall–Kier alpha value is -5.68. The standard InChI is InChI=1S/C41H32N4O/c1-41(2,3)25-22-29-27-12-5-7-16-33(27)43-38(29)31(23-25)40-44-39-26(14-11-17-34(39)45(40)4)24-20-30(32-15-9-10-19-42-32)37-28-13-6-8-18-35(28)46-36(37)21-24/h5-23,43H,1-4H3. The van der Waals surface area contributed by atoms with Crippen LogP contribution in [0, 0.1) is 0 Å². The van der Waals surface area contributed by atoms with Crippen molar-refractivity contribution in [2.24, 2.45) is 7.05 Å². The summed E-state index contributed by atoms with van der Waals surface area (Å²) in [6.07, 6.45) is 1.85. The number of furan rings is 1. The number of imidazole rings is 1. The van der Waals surface area contributed by atoms with E-state index in [2.05, 4.69) is 122 Å². The van der Waals surface area contributed by atoms with Gasteiger partial charge in [0.2, 0.25) is 0 Å². The number of aromatic amines is 1. The summed E-state index contributed by atoms with van der Waals surface area (Å²) in [5, 5.41) is 4.61. The lowest BCUT2D eigenvalue weighted by Crippen LogP contribution is -2.11. The number of aromatic nitrogens is 4. The Morgan fingerprint density at radius 2 is 1.50 bits per heavy atom. The van der Waals surface area contributed by atoms with Gasteiger partial charge in [0.25, 0.3) is 0 Å². The molecule has 0 radical (unpaired) electrons. The molecule has 0 amide bonds. The molecule has 9 rings (SSSR count). The summed E-state index contributed by atoms with van der Waals surface area (Å²) in [5.74, 6) is 0.930. The van der Waals surface area contributed by atoms with E-state index in [0.717, 1.165) is 77.8 Å². The highest BCUT2D eigenvalue weighted by molar-refractivity contribution is 6.15. The smallest absolute Gasteiger partial charge is 0.143 e. The van der Waals surface area contributed by atoms with Gasteiger partial charge in [-0.2, -0.15) is 0 Å². The van der Waals surface area contributed by atoms with Crippen molar-refractivity contribution in [2.45, 2.75) is 26.2 Å². The molecule has 0 saturated carbocycles. The number of benzene rings is 5. The van der Waals surface area contributed by atoms with Crippen LogP contribution < -0.4 is 0 Å². The van der Waals surface area contributed by atoms with Crippen molar-refractivity contribution in [2.75, 3.05) is 0 Å². The summed E-state index contributed by atoms with van der Waals surface area (Å²) in [4.78, 5) is 13.9. The molecule has 0 spiro atoms. The van der Waals surface area contributed by atoms with Crippen LogP contribution in [0.25, 0.3) is 88.5 Å². The Balaban J connectivity index is 1.32. The number of aryl methyl sites for hydroxylation is 1. The van der Waals surface area contributed by atoms with E-state index in [-0.39, 0.29) is 5.41 Å². The molecule has 5 aromatic carbocycles. The van der Waals surface area contributed by atoms with E-state index in [0.29, 0.717) is 0 Å². The Morgan fingerprint density at radius 1 is 0.696 bits per heavy atom. The molecule has 0 aliphatic heterocycles. The maximum atomic E-state index is 6.45. The molecule has 0 aliphatic carbocycles. The molecule has 0 unspecified atom stereocenters. The number of pyridine rings is 1. The lowest BCUT2D eigenvalue weighted by atomic mass is 9.85. The average Bonchev–Trinajstić information content (AvgIpc) is 3.75. The number of hydrogen-bond acceptors (Lipinski definition) is 3. The topological polar surface area (TPSA) is 59.6 Å². The summed E-state index contributed by atoms with van der Waals surface area (Å²) < 4.78 is 8.68. The van der Waals surface area contributed by atoms with Crippen LogP contribution in [0.3, 0.4) is 0 Å². The Bertz CT molecular complexity index is 2630. The lowest BCUT2D eigenvalue weighted by molar-refractivity contribution is 0.591. The molecule has 5 nitrogen and oxygen atoms in total. The largest absolute Gasteiger partial charge is 0.456 e. The summed E-state index contributed by atoms with van der Waals surface area (Å²) in [6.45, 7) is 6.81. The number of rotatable bonds is 3. The highest BCUT2D eigenvalue weighted by atomic mass is 16.3. The normalized spacial score (nSPS) is 12.3. The van der Waals surface area contributed by atoms with Crippen LogP contribution in [0.5, 0.6) is 0 Å². The van der Waals surface area contributed by atoms with Gasteiger partial charge in [-0.15, -0.1) is 0 Å². The third-order valence-corrected chi connectivity index (χ3v) is 9.36. The Labute approximate surface area is 266 Å². The second-order valence-electron chi connectivity index (χ2n) is 13.2. The van der Waals surface area contributed by atoms with Crippen LogP contribution in [0.15, 0.2) is 120 Å². The van der Waals surface area contributed by atoms with Gasteiger partial charge in [-0.05, 0) is 71.1 Å². The monoisotopic (exact) mass is 596 g/mol. The highest BCUT2D eigenvalue weighted by Gasteiger charge is 2.23. The number of nitrogens with zero attached hydrogens (tertiary/aromatic N) is 3. The molecule has 0 atom stereocenters. The van der Waals surface area contributed by atoms with Crippen LogP contribution in [0.2, 0.25) is 0 Å². The molecular formula is C41H32N4O. The van der Waals surface area contributed by atoms with Gasteiger partial charge < -0.3 is 14.0 Å². The second-order valence-corrected chi connectivity index (χ2v) is 13.2. The van der Waals surface area contributed by atoms with Gasteiger partial charge in [-0.3, -0.25) is 4.98 Å². The minimum Gasteiger partial charge on any atom is -0.456 e. The summed E-state index contributed by atoms with van der Waals surface area (Å²) in [7, 11) is 2.12. The van der Waals surface area contributed by atoms with Crippen LogP contribution >= 0.6 is 0 Å². The molecule has 0 saturated heterocycles. The van der Waals surface area contributed by atoms with Crippen LogP contribution in [-0.4, -0.2) is 19.5 Å². The Morgan fingerprint density at radius 3 is 2.33 bits per heavy atom. The predicted octanol–water partition coefficient (Wildman–Crippen LogP) is 10.8. The first-order chi connectivity index (χ1) is 22.3. The van der Waals surface area contributed by atoms with Gasteiger partial charge in [-0.1, -0.05) is 75.4 Å². The van der Waals surface area contributed by atoms with Gasteiger partial charge in [0.05, 0.1) is 22.2 Å². The van der Waals surface area contributed by atoms with E-state index in [1.807, 2.05) is 30.5 Å². The molecule has 4 aromatic heterocycles. The quantitative estimate of drug-likeness (QED) is 0.221. The van der Waals surface area contributed by atoms with E-state index < -0.39 is 0 Å². The maximum Gasteiger partial charge on any atom is 0.143 e. The van der Waals surface area contributed by atoms with Gasteiger partial charge in [0, 0.05) is 57.0 Å². The average molecular weight is 597 g/mol. The van der Waals surface area contributed by atoms with Crippen molar-refractivity contribution in [3.8, 4) is 33.8 Å². The first-order valence-electron chi connectivity index (χ1n) is 15.7. The zero-order valence-electron chi connectivity index (χ0n) is 26.2. The van der Waals surface area contributed by atoms with Gasteiger partial charge >= 0.3 is 0 Å². The van der Waals surface area contributed by atoms with Gasteiger partial charge in [0.15, 0.2) is 0 Å². The summed E-state index contributed by atoms with van der Waals surface area (Å²) in [5.41, 5.74) is 12.4. The van der Waals surface area contributed by atoms with Crippen LogP contribution in [-0.2, 0) is 12.5 Å². The molecule has 222 valence electrons. The molecule has 46 heavy (non-hydrogen) atoms. The fraction of sp³-hybridized carbons (Fsp3) is 0.122. The van der Waals surface area contributed by atoms with Crippen molar-refractivity contribution in [3.63, 3.8) is 0 Å². The SMILES string of the molecule is Cn1c(-c2cc(C(C)(C)C)cc3c2[nH]c2ccccc23)nc2c(-c3cc(-c4ccccn4)c4c(c3)oc3ccccc34)cccc21. The van der Waals surface area contributed by atoms with Crippen molar-refractivity contribution in [1.82, 2.24) is 19.5 Å². The molecule has 4 heterocycles. The molecular weight excluding hydrogens is 564 g/mol. The zero-order valence-corrected chi connectivity index (χ0v) is 26.2. The number of fused-ring (bicyclic) bond motifs is 7. The lowest BCUT2D eigenvalue weighted by Gasteiger charge is -2.20. The summed E-state index contributed by atoms with van der Waals surface area (Å²) in [6, 6.07) is 38.3. The number of H-pyrrole nitrogens is 1. The van der Waals surface area contributed by atoms with E-state index in [1.165, 1.54) is 16.3 Å². The van der Waals surface area contributed by atoms with Crippen molar-refractivity contribution < 1.29 is 4.42 Å². The molecule has 0 fully saturated rings. The van der Waals surface area contributed by atoms with Crippen molar-refractivity contribution in [3.05, 3.63) is 121 Å². The minimum atomic E-state index is -0.0269. The number of nitrogens with one attached hydrogen (secondary N) is 1. The summed E-state index contributed by atoms with van der Waals surface area (Å²) >= 11 is 0. The van der Waals surface area contributed by atoms with E-state index in [4.69, 9.17) is 14.4 Å². The molecule has 1 N–H and O–H groups in total. The van der Waals surface area contributed by atoms with E-state index in [9.17, 15) is 0 Å². The van der Waals surface area contributed by atoms with E-state index in [1.54, 1.807) is 0 Å². The van der Waals surface area contributed by atoms with Crippen LogP contribution in [0.1, 0.15) is 26.3 Å². The van der Waals surface area contributed by atoms with E-state index >= 15 is 0 Å². The second kappa shape index (κ2) is 9.66. The number of hydrogen-bond donors (Lipinski definition) is 1. The maximum absolute atomic E-state index is 6.45. The fourth-order valence-electron chi connectivity index (χ4n) is 6.98. The van der Waals surface area contributed by atoms with Crippen molar-refractivity contribution in [1.29, 1.82) is 0 Å². The third-order valence-electron chi connectivity index (χ3n) is 9.36. The third kappa shape index (κ3) is 3.94. The molecule has 0 bridgehead atoms. The first-order valence-corrected chi connectivity index (χ1v) is 15.7. The molecule has 5 heteroatoms. The van der Waals surface area contributed by atoms with Gasteiger partial charge in [-0.25, -0.2) is 4.98 Å². The molecule has 0 aliphatic rings. The van der Waals surface area contributed by atoms with Gasteiger partial charge in [0.1, 0.15) is 17.0 Å². The minimum absolute atomic E-state index is 0.0269.